The monoisotopic (exact) mass is 254 g/mol. The average molecular weight is 254 g/mol. The highest BCUT2D eigenvalue weighted by Crippen LogP contribution is 2.22. The fourth-order valence-corrected chi connectivity index (χ4v) is 1.55. The molecule has 0 aliphatic rings. The summed E-state index contributed by atoms with van der Waals surface area (Å²) in [5, 5.41) is 0. The van der Waals surface area contributed by atoms with Crippen molar-refractivity contribution in [1.29, 1.82) is 0 Å². The Balaban J connectivity index is 2.46. The molecular weight excluding hydrogens is 245 g/mol. The van der Waals surface area contributed by atoms with E-state index >= 15 is 0 Å². The molecule has 1 atom stereocenters. The fourth-order valence-electron chi connectivity index (χ4n) is 1.55. The summed E-state index contributed by atoms with van der Waals surface area (Å²) in [5.74, 6) is 1.23. The first kappa shape index (κ1) is 12.5. The van der Waals surface area contributed by atoms with E-state index in [4.69, 9.17) is 5.84 Å². The van der Waals surface area contributed by atoms with Crippen molar-refractivity contribution in [1.82, 2.24) is 15.4 Å². The van der Waals surface area contributed by atoms with Gasteiger partial charge in [-0.15, -0.1) is 0 Å². The molecule has 0 saturated carbocycles. The minimum Gasteiger partial charge on any atom is -0.271 e. The number of hydrogen-bond donors (Lipinski definition) is 2. The lowest BCUT2D eigenvalue weighted by Gasteiger charge is -2.15. The Hall–Kier alpha value is -1.99. The molecule has 18 heavy (non-hydrogen) atoms. The third-order valence-electron chi connectivity index (χ3n) is 2.39. The molecule has 1 aromatic heterocycles. The van der Waals surface area contributed by atoms with E-state index in [0.29, 0.717) is 5.69 Å². The van der Waals surface area contributed by atoms with Crippen molar-refractivity contribution < 1.29 is 13.2 Å². The van der Waals surface area contributed by atoms with Gasteiger partial charge in [0.15, 0.2) is 17.5 Å². The zero-order valence-electron chi connectivity index (χ0n) is 9.07. The lowest BCUT2D eigenvalue weighted by atomic mass is 10.0. The number of nitrogens with one attached hydrogen (secondary N) is 1. The van der Waals surface area contributed by atoms with Crippen LogP contribution in [0.2, 0.25) is 0 Å². The van der Waals surface area contributed by atoms with E-state index in [1.807, 2.05) is 0 Å². The number of hydrazine groups is 1. The van der Waals surface area contributed by atoms with E-state index < -0.39 is 23.5 Å². The van der Waals surface area contributed by atoms with Gasteiger partial charge in [-0.1, -0.05) is 0 Å². The first-order valence-corrected chi connectivity index (χ1v) is 5.00. The van der Waals surface area contributed by atoms with Crippen molar-refractivity contribution in [3.63, 3.8) is 0 Å². The molecule has 0 spiro atoms. The highest BCUT2D eigenvalue weighted by molar-refractivity contribution is 5.28. The third-order valence-corrected chi connectivity index (χ3v) is 2.39. The van der Waals surface area contributed by atoms with Crippen LogP contribution < -0.4 is 11.3 Å². The van der Waals surface area contributed by atoms with Crippen molar-refractivity contribution in [3.8, 4) is 0 Å². The predicted molar refractivity (Wildman–Crippen MR) is 57.5 cm³/mol. The zero-order chi connectivity index (χ0) is 13.1. The number of halogens is 3. The van der Waals surface area contributed by atoms with Crippen LogP contribution in [0.25, 0.3) is 0 Å². The van der Waals surface area contributed by atoms with E-state index in [-0.39, 0.29) is 5.56 Å². The Morgan fingerprint density at radius 1 is 1.11 bits per heavy atom. The lowest BCUT2D eigenvalue weighted by Crippen LogP contribution is -2.29. The Morgan fingerprint density at radius 2 is 1.78 bits per heavy atom. The topological polar surface area (TPSA) is 63.8 Å². The highest BCUT2D eigenvalue weighted by Gasteiger charge is 2.19. The molecule has 2 aromatic rings. The second kappa shape index (κ2) is 5.11. The van der Waals surface area contributed by atoms with Gasteiger partial charge in [0.05, 0.1) is 17.9 Å². The summed E-state index contributed by atoms with van der Waals surface area (Å²) in [7, 11) is 0. The summed E-state index contributed by atoms with van der Waals surface area (Å²) in [6, 6.07) is 0.943. The van der Waals surface area contributed by atoms with Crippen molar-refractivity contribution in [2.24, 2.45) is 5.84 Å². The van der Waals surface area contributed by atoms with Gasteiger partial charge >= 0.3 is 0 Å². The van der Waals surface area contributed by atoms with Crippen LogP contribution >= 0.6 is 0 Å². The van der Waals surface area contributed by atoms with Crippen LogP contribution in [0.15, 0.2) is 30.7 Å². The molecule has 0 amide bonds. The summed E-state index contributed by atoms with van der Waals surface area (Å²) in [6.07, 6.45) is 4.25. The summed E-state index contributed by atoms with van der Waals surface area (Å²) < 4.78 is 39.1. The van der Waals surface area contributed by atoms with Crippen molar-refractivity contribution >= 4 is 0 Å². The summed E-state index contributed by atoms with van der Waals surface area (Å²) in [4.78, 5) is 7.79. The smallest absolute Gasteiger partial charge is 0.194 e. The Morgan fingerprint density at radius 3 is 2.28 bits per heavy atom. The Bertz CT molecular complexity index is 524. The van der Waals surface area contributed by atoms with Crippen LogP contribution in [0.3, 0.4) is 0 Å². The summed E-state index contributed by atoms with van der Waals surface area (Å²) >= 11 is 0. The maximum atomic E-state index is 13.1. The highest BCUT2D eigenvalue weighted by atomic mass is 19.2. The third kappa shape index (κ3) is 2.31. The van der Waals surface area contributed by atoms with Crippen LogP contribution in [0.1, 0.15) is 17.3 Å². The molecule has 7 heteroatoms. The molecule has 1 unspecified atom stereocenters. The molecule has 1 heterocycles. The van der Waals surface area contributed by atoms with Gasteiger partial charge in [0.25, 0.3) is 0 Å². The molecule has 0 aliphatic heterocycles. The SMILES string of the molecule is NNC(c1cc(F)c(F)c(F)c1)c1cnccn1. The number of hydrogen-bond acceptors (Lipinski definition) is 4. The maximum absolute atomic E-state index is 13.1. The van der Waals surface area contributed by atoms with Crippen LogP contribution in [-0.2, 0) is 0 Å². The van der Waals surface area contributed by atoms with Crippen molar-refractivity contribution in [3.05, 3.63) is 59.4 Å². The van der Waals surface area contributed by atoms with E-state index in [0.717, 1.165) is 12.1 Å². The second-order valence-electron chi connectivity index (χ2n) is 3.53. The minimum absolute atomic E-state index is 0.120. The first-order valence-electron chi connectivity index (χ1n) is 5.00. The standard InChI is InChI=1S/C11H9F3N4/c12-7-3-6(4-8(13)10(7)14)11(18-15)9-5-16-1-2-17-9/h1-5,11,18H,15H2. The number of benzene rings is 1. The number of rotatable bonds is 3. The molecule has 0 aliphatic carbocycles. The van der Waals surface area contributed by atoms with E-state index in [1.54, 1.807) is 0 Å². The van der Waals surface area contributed by atoms with Crippen LogP contribution in [-0.4, -0.2) is 9.97 Å². The first-order chi connectivity index (χ1) is 8.63. The molecule has 0 saturated heterocycles. The number of nitrogens with zero attached hydrogens (tertiary/aromatic N) is 2. The summed E-state index contributed by atoms with van der Waals surface area (Å²) in [5.41, 5.74) is 2.84. The van der Waals surface area contributed by atoms with E-state index in [1.165, 1.54) is 18.6 Å². The molecule has 94 valence electrons. The van der Waals surface area contributed by atoms with Gasteiger partial charge in [-0.25, -0.2) is 18.6 Å². The number of nitrogens with two attached hydrogens (primary N) is 1. The van der Waals surface area contributed by atoms with E-state index in [2.05, 4.69) is 15.4 Å². The molecular formula is C11H9F3N4. The van der Waals surface area contributed by atoms with Crippen molar-refractivity contribution in [2.45, 2.75) is 6.04 Å². The summed E-state index contributed by atoms with van der Waals surface area (Å²) in [6.45, 7) is 0. The normalized spacial score (nSPS) is 12.4. The average Bonchev–Trinajstić information content (AvgIpc) is 2.38. The van der Waals surface area contributed by atoms with Crippen LogP contribution in [0.5, 0.6) is 0 Å². The Labute approximate surface area is 101 Å². The van der Waals surface area contributed by atoms with Gasteiger partial charge in [-0.05, 0) is 17.7 Å². The van der Waals surface area contributed by atoms with Gasteiger partial charge in [0.1, 0.15) is 0 Å². The van der Waals surface area contributed by atoms with Gasteiger partial charge < -0.3 is 0 Å². The second-order valence-corrected chi connectivity index (χ2v) is 3.53. The fraction of sp³-hybridized carbons (Fsp3) is 0.0909. The van der Waals surface area contributed by atoms with Gasteiger partial charge in [0, 0.05) is 12.4 Å². The molecule has 2 rings (SSSR count). The molecule has 0 fully saturated rings. The predicted octanol–water partition coefficient (Wildman–Crippen LogP) is 1.45. The molecule has 1 aromatic carbocycles. The molecule has 0 bridgehead atoms. The molecule has 0 radical (unpaired) electrons. The lowest BCUT2D eigenvalue weighted by molar-refractivity contribution is 0.442. The Kier molecular flexibility index (Phi) is 3.54. The van der Waals surface area contributed by atoms with Gasteiger partial charge in [0.2, 0.25) is 0 Å². The molecule has 4 nitrogen and oxygen atoms in total. The largest absolute Gasteiger partial charge is 0.271 e. The van der Waals surface area contributed by atoms with Crippen LogP contribution in [0, 0.1) is 17.5 Å². The minimum atomic E-state index is -1.52. The van der Waals surface area contributed by atoms with Gasteiger partial charge in [-0.2, -0.15) is 0 Å². The van der Waals surface area contributed by atoms with Gasteiger partial charge in [-0.3, -0.25) is 15.8 Å². The van der Waals surface area contributed by atoms with E-state index in [9.17, 15) is 13.2 Å². The number of aromatic nitrogens is 2. The zero-order valence-corrected chi connectivity index (χ0v) is 9.07. The quantitative estimate of drug-likeness (QED) is 0.494. The van der Waals surface area contributed by atoms with Crippen molar-refractivity contribution in [2.75, 3.05) is 0 Å². The molecule has 3 N–H and O–H groups in total. The van der Waals surface area contributed by atoms with Crippen LogP contribution in [0.4, 0.5) is 13.2 Å². The maximum Gasteiger partial charge on any atom is 0.194 e.